The molecule has 1 aromatic rings. The minimum Gasteiger partial charge on any atom is -0.480 e. The maximum Gasteiger partial charge on any atom is 0.317 e. The summed E-state index contributed by atoms with van der Waals surface area (Å²) in [5.74, 6) is -0.129. The molecule has 3 nitrogen and oxygen atoms in total. The summed E-state index contributed by atoms with van der Waals surface area (Å²) in [4.78, 5) is 13.0. The molecule has 3 heteroatoms. The van der Waals surface area contributed by atoms with Gasteiger partial charge in [-0.25, -0.2) is 0 Å². The molecule has 1 rings (SSSR count). The smallest absolute Gasteiger partial charge is 0.317 e. The molecule has 0 saturated carbocycles. The van der Waals surface area contributed by atoms with Gasteiger partial charge in [0, 0.05) is 12.1 Å². The molecule has 0 aromatic heterocycles. The first kappa shape index (κ1) is 16.7. The summed E-state index contributed by atoms with van der Waals surface area (Å²) in [5, 5.41) is 9.03. The lowest BCUT2D eigenvalue weighted by Crippen LogP contribution is -2.43. The molecule has 0 saturated heterocycles. The Morgan fingerprint density at radius 3 is 2.05 bits per heavy atom. The average Bonchev–Trinajstić information content (AvgIpc) is 2.28. The fraction of sp³-hybridized carbons (Fsp3) is 0.588. The summed E-state index contributed by atoms with van der Waals surface area (Å²) in [6.45, 7) is 11.3. The van der Waals surface area contributed by atoms with E-state index in [1.54, 1.807) is 0 Å². The molecule has 0 heterocycles. The SMILES string of the molecule is CC(C)Cc1ccc(CN(CC(=O)O)C(C)(C)C)cc1. The number of hydrogen-bond acceptors (Lipinski definition) is 2. The Balaban J connectivity index is 2.76. The number of benzene rings is 1. The summed E-state index contributed by atoms with van der Waals surface area (Å²) in [6, 6.07) is 8.52. The van der Waals surface area contributed by atoms with Gasteiger partial charge in [-0.05, 0) is 44.2 Å². The van der Waals surface area contributed by atoms with Crippen molar-refractivity contribution >= 4 is 5.97 Å². The number of carboxylic acid groups (broad SMARTS) is 1. The van der Waals surface area contributed by atoms with Gasteiger partial charge in [-0.15, -0.1) is 0 Å². The number of carbonyl (C=O) groups is 1. The quantitative estimate of drug-likeness (QED) is 0.864. The second kappa shape index (κ2) is 6.89. The van der Waals surface area contributed by atoms with Crippen LogP contribution in [0.4, 0.5) is 0 Å². The Bertz CT molecular complexity index is 429. The molecule has 0 aliphatic heterocycles. The highest BCUT2D eigenvalue weighted by molar-refractivity contribution is 5.69. The standard InChI is InChI=1S/C17H27NO2/c1-13(2)10-14-6-8-15(9-7-14)11-18(12-16(19)20)17(3,4)5/h6-9,13H,10-12H2,1-5H3,(H,19,20). The Labute approximate surface area is 122 Å². The van der Waals surface area contributed by atoms with Gasteiger partial charge in [-0.2, -0.15) is 0 Å². The van der Waals surface area contributed by atoms with Crippen molar-refractivity contribution in [3.05, 3.63) is 35.4 Å². The highest BCUT2D eigenvalue weighted by atomic mass is 16.4. The Morgan fingerprint density at radius 1 is 1.15 bits per heavy atom. The van der Waals surface area contributed by atoms with E-state index in [9.17, 15) is 4.79 Å². The zero-order chi connectivity index (χ0) is 15.3. The van der Waals surface area contributed by atoms with E-state index in [2.05, 4.69) is 38.1 Å². The van der Waals surface area contributed by atoms with Gasteiger partial charge >= 0.3 is 5.97 Å². The van der Waals surface area contributed by atoms with Crippen LogP contribution in [0.3, 0.4) is 0 Å². The van der Waals surface area contributed by atoms with Crippen molar-refractivity contribution in [1.82, 2.24) is 4.90 Å². The van der Waals surface area contributed by atoms with Gasteiger partial charge in [0.25, 0.3) is 0 Å². The van der Waals surface area contributed by atoms with E-state index in [-0.39, 0.29) is 12.1 Å². The molecule has 0 spiro atoms. The molecule has 0 fully saturated rings. The maximum absolute atomic E-state index is 11.0. The van der Waals surface area contributed by atoms with Gasteiger partial charge < -0.3 is 5.11 Å². The van der Waals surface area contributed by atoms with Crippen molar-refractivity contribution in [2.75, 3.05) is 6.54 Å². The van der Waals surface area contributed by atoms with Gasteiger partial charge in [0.15, 0.2) is 0 Å². The van der Waals surface area contributed by atoms with E-state index >= 15 is 0 Å². The summed E-state index contributed by atoms with van der Waals surface area (Å²) in [6.07, 6.45) is 1.08. The summed E-state index contributed by atoms with van der Waals surface area (Å²) >= 11 is 0. The van der Waals surface area contributed by atoms with Crippen molar-refractivity contribution in [3.8, 4) is 0 Å². The minimum atomic E-state index is -0.781. The van der Waals surface area contributed by atoms with Crippen molar-refractivity contribution in [2.45, 2.75) is 53.1 Å². The Morgan fingerprint density at radius 2 is 1.65 bits per heavy atom. The van der Waals surface area contributed by atoms with E-state index in [4.69, 9.17) is 5.11 Å². The predicted octanol–water partition coefficient (Wildman–Crippen LogP) is 3.57. The first-order valence-corrected chi connectivity index (χ1v) is 7.23. The van der Waals surface area contributed by atoms with Crippen LogP contribution in [0.25, 0.3) is 0 Å². The molecular formula is C17H27NO2. The van der Waals surface area contributed by atoms with Gasteiger partial charge in [0.2, 0.25) is 0 Å². The highest BCUT2D eigenvalue weighted by Crippen LogP contribution is 2.18. The third-order valence-electron chi connectivity index (χ3n) is 3.32. The topological polar surface area (TPSA) is 40.5 Å². The van der Waals surface area contributed by atoms with Crippen molar-refractivity contribution in [2.24, 2.45) is 5.92 Å². The maximum atomic E-state index is 11.0. The average molecular weight is 277 g/mol. The minimum absolute atomic E-state index is 0.0667. The van der Waals surface area contributed by atoms with Crippen LogP contribution >= 0.6 is 0 Å². The number of aliphatic carboxylic acids is 1. The van der Waals surface area contributed by atoms with Gasteiger partial charge in [0.05, 0.1) is 6.54 Å². The zero-order valence-electron chi connectivity index (χ0n) is 13.3. The van der Waals surface area contributed by atoms with Gasteiger partial charge in [-0.1, -0.05) is 38.1 Å². The van der Waals surface area contributed by atoms with Crippen molar-refractivity contribution in [3.63, 3.8) is 0 Å². The molecule has 0 amide bonds. The molecule has 0 aliphatic rings. The van der Waals surface area contributed by atoms with Crippen LogP contribution in [0.15, 0.2) is 24.3 Å². The van der Waals surface area contributed by atoms with E-state index in [0.29, 0.717) is 12.5 Å². The Hall–Kier alpha value is -1.35. The lowest BCUT2D eigenvalue weighted by atomic mass is 10.0. The van der Waals surface area contributed by atoms with Crippen LogP contribution in [0, 0.1) is 5.92 Å². The monoisotopic (exact) mass is 277 g/mol. The first-order valence-electron chi connectivity index (χ1n) is 7.23. The fourth-order valence-corrected chi connectivity index (χ4v) is 2.17. The Kier molecular flexibility index (Phi) is 5.75. The predicted molar refractivity (Wildman–Crippen MR) is 82.8 cm³/mol. The molecule has 1 N–H and O–H groups in total. The molecule has 0 radical (unpaired) electrons. The molecule has 0 aliphatic carbocycles. The summed E-state index contributed by atoms with van der Waals surface area (Å²) in [7, 11) is 0. The lowest BCUT2D eigenvalue weighted by Gasteiger charge is -2.34. The number of hydrogen-bond donors (Lipinski definition) is 1. The van der Waals surface area contributed by atoms with Crippen LogP contribution in [0.5, 0.6) is 0 Å². The second-order valence-electron chi connectivity index (χ2n) is 6.84. The molecule has 1 aromatic carbocycles. The zero-order valence-corrected chi connectivity index (χ0v) is 13.3. The largest absolute Gasteiger partial charge is 0.480 e. The van der Waals surface area contributed by atoms with Crippen LogP contribution in [0.2, 0.25) is 0 Å². The fourth-order valence-electron chi connectivity index (χ4n) is 2.17. The van der Waals surface area contributed by atoms with Crippen LogP contribution in [0.1, 0.15) is 45.7 Å². The van der Waals surface area contributed by atoms with E-state index in [1.807, 2.05) is 25.7 Å². The highest BCUT2D eigenvalue weighted by Gasteiger charge is 2.23. The number of nitrogens with zero attached hydrogens (tertiary/aromatic N) is 1. The molecule has 20 heavy (non-hydrogen) atoms. The van der Waals surface area contributed by atoms with Crippen LogP contribution in [-0.4, -0.2) is 28.1 Å². The summed E-state index contributed by atoms with van der Waals surface area (Å²) in [5.41, 5.74) is 2.34. The number of rotatable bonds is 6. The van der Waals surface area contributed by atoms with Crippen molar-refractivity contribution in [1.29, 1.82) is 0 Å². The normalized spacial score (nSPS) is 12.2. The van der Waals surface area contributed by atoms with Crippen LogP contribution in [-0.2, 0) is 17.8 Å². The van der Waals surface area contributed by atoms with Gasteiger partial charge in [-0.3, -0.25) is 9.69 Å². The lowest BCUT2D eigenvalue weighted by molar-refractivity contribution is -0.139. The third-order valence-corrected chi connectivity index (χ3v) is 3.32. The summed E-state index contributed by atoms with van der Waals surface area (Å²) < 4.78 is 0. The third kappa shape index (κ3) is 5.74. The molecule has 0 atom stereocenters. The first-order chi connectivity index (χ1) is 9.18. The molecule has 112 valence electrons. The van der Waals surface area contributed by atoms with E-state index in [1.165, 1.54) is 5.56 Å². The molecular weight excluding hydrogens is 250 g/mol. The molecule has 0 bridgehead atoms. The second-order valence-corrected chi connectivity index (χ2v) is 6.84. The number of carboxylic acids is 1. The van der Waals surface area contributed by atoms with Gasteiger partial charge in [0.1, 0.15) is 0 Å². The van der Waals surface area contributed by atoms with Crippen LogP contribution < -0.4 is 0 Å². The van der Waals surface area contributed by atoms with E-state index < -0.39 is 5.97 Å². The van der Waals surface area contributed by atoms with E-state index in [0.717, 1.165) is 12.0 Å². The molecule has 0 unspecified atom stereocenters. The van der Waals surface area contributed by atoms with Crippen molar-refractivity contribution < 1.29 is 9.90 Å².